The average Bonchev–Trinajstić information content (AvgIpc) is 3.16. The Morgan fingerprint density at radius 3 is 2.65 bits per heavy atom. The lowest BCUT2D eigenvalue weighted by molar-refractivity contribution is 0.305. The Labute approximate surface area is 150 Å². The van der Waals surface area contributed by atoms with Crippen molar-refractivity contribution >= 4 is 17.6 Å². The van der Waals surface area contributed by atoms with E-state index in [4.69, 9.17) is 16.2 Å². The Morgan fingerprint density at radius 2 is 1.96 bits per heavy atom. The van der Waals surface area contributed by atoms with Crippen LogP contribution in [0.4, 0.5) is 5.69 Å². The van der Waals surface area contributed by atoms with Crippen LogP contribution in [0, 0.1) is 0 Å². The van der Waals surface area contributed by atoms with Gasteiger partial charge in [0.1, 0.15) is 23.4 Å². The summed E-state index contributed by atoms with van der Waals surface area (Å²) in [5, 5.41) is 11.3. The van der Waals surface area contributed by atoms with Gasteiger partial charge in [0, 0.05) is 6.07 Å². The Hall–Kier alpha value is -3.17. The first kappa shape index (κ1) is 16.3. The van der Waals surface area contributed by atoms with Crippen molar-refractivity contribution in [2.75, 3.05) is 12.0 Å². The first-order valence-corrected chi connectivity index (χ1v) is 8.54. The molecule has 136 valence electrons. The Kier molecular flexibility index (Phi) is 3.94. The highest BCUT2D eigenvalue weighted by molar-refractivity contribution is 6.05. The number of anilines is 1. The number of ether oxygens (including phenoxy) is 1. The van der Waals surface area contributed by atoms with E-state index < -0.39 is 5.66 Å². The molecule has 0 unspecified atom stereocenters. The molecule has 2 heterocycles. The molecule has 26 heavy (non-hydrogen) atoms. The number of nitrogens with two attached hydrogens (primary N) is 2. The lowest BCUT2D eigenvalue weighted by atomic mass is 9.87. The van der Waals surface area contributed by atoms with E-state index in [9.17, 15) is 0 Å². The standard InChI is InChI=1S/C16H21N9O/c1-26-13-9-11(5-6-12(13)24-10-19-22-23-24)25-15(18)20-14(17)21-16(25)7-3-2-4-8-16/h5-6,9-10H,2-4,7-8H2,1H3,(H4,17,18,20,21). The monoisotopic (exact) mass is 355 g/mol. The van der Waals surface area contributed by atoms with Gasteiger partial charge in [0.25, 0.3) is 0 Å². The largest absolute Gasteiger partial charge is 0.494 e. The maximum Gasteiger partial charge on any atom is 0.220 e. The predicted octanol–water partition coefficient (Wildman–Crippen LogP) is 0.781. The first-order valence-electron chi connectivity index (χ1n) is 8.54. The third kappa shape index (κ3) is 2.63. The van der Waals surface area contributed by atoms with Crippen LogP contribution in [0.5, 0.6) is 5.75 Å². The highest BCUT2D eigenvalue weighted by atomic mass is 16.5. The number of methoxy groups -OCH3 is 1. The summed E-state index contributed by atoms with van der Waals surface area (Å²) in [6.07, 6.45) is 6.59. The highest BCUT2D eigenvalue weighted by Gasteiger charge is 2.42. The number of aromatic nitrogens is 4. The molecular formula is C16H21N9O. The van der Waals surface area contributed by atoms with E-state index in [0.717, 1.165) is 37.1 Å². The number of benzene rings is 1. The fourth-order valence-electron chi connectivity index (χ4n) is 3.76. The van der Waals surface area contributed by atoms with Crippen molar-refractivity contribution in [2.24, 2.45) is 21.5 Å². The molecule has 2 aromatic rings. The van der Waals surface area contributed by atoms with Gasteiger partial charge in [-0.2, -0.15) is 9.67 Å². The molecule has 1 fully saturated rings. The summed E-state index contributed by atoms with van der Waals surface area (Å²) in [5.74, 6) is 1.20. The molecule has 4 N–H and O–H groups in total. The van der Waals surface area contributed by atoms with Gasteiger partial charge < -0.3 is 16.2 Å². The minimum absolute atomic E-state index is 0.234. The van der Waals surface area contributed by atoms with Crippen molar-refractivity contribution in [3.8, 4) is 11.4 Å². The summed E-state index contributed by atoms with van der Waals surface area (Å²) in [5.41, 5.74) is 13.3. The molecule has 4 rings (SSSR count). The zero-order valence-electron chi connectivity index (χ0n) is 14.5. The second kappa shape index (κ2) is 6.28. The first-order chi connectivity index (χ1) is 12.6. The van der Waals surface area contributed by atoms with Gasteiger partial charge in [0.05, 0.1) is 12.8 Å². The molecule has 0 amide bonds. The molecule has 0 radical (unpaired) electrons. The number of guanidine groups is 2. The van der Waals surface area contributed by atoms with Gasteiger partial charge in [-0.05, 0) is 48.2 Å². The van der Waals surface area contributed by atoms with Gasteiger partial charge in [0.15, 0.2) is 0 Å². The van der Waals surface area contributed by atoms with Crippen molar-refractivity contribution in [3.63, 3.8) is 0 Å². The van der Waals surface area contributed by atoms with Crippen molar-refractivity contribution in [3.05, 3.63) is 24.5 Å². The fourth-order valence-corrected chi connectivity index (χ4v) is 3.76. The number of tetrazole rings is 1. The summed E-state index contributed by atoms with van der Waals surface area (Å²) >= 11 is 0. The molecule has 1 aromatic heterocycles. The minimum Gasteiger partial charge on any atom is -0.494 e. The van der Waals surface area contributed by atoms with Gasteiger partial charge in [-0.1, -0.05) is 6.42 Å². The van der Waals surface area contributed by atoms with Crippen molar-refractivity contribution in [2.45, 2.75) is 37.8 Å². The van der Waals surface area contributed by atoms with E-state index >= 15 is 0 Å². The van der Waals surface area contributed by atoms with Crippen LogP contribution in [0.1, 0.15) is 32.1 Å². The second-order valence-electron chi connectivity index (χ2n) is 6.43. The molecule has 1 aromatic carbocycles. The van der Waals surface area contributed by atoms with Crippen molar-refractivity contribution < 1.29 is 4.74 Å². The zero-order chi connectivity index (χ0) is 18.1. The Morgan fingerprint density at radius 1 is 1.15 bits per heavy atom. The number of hydrogen-bond donors (Lipinski definition) is 2. The topological polar surface area (TPSA) is 133 Å². The smallest absolute Gasteiger partial charge is 0.220 e. The quantitative estimate of drug-likeness (QED) is 0.831. The summed E-state index contributed by atoms with van der Waals surface area (Å²) in [7, 11) is 1.60. The molecule has 10 heteroatoms. The van der Waals surface area contributed by atoms with Gasteiger partial charge >= 0.3 is 0 Å². The van der Waals surface area contributed by atoms with E-state index in [1.165, 1.54) is 12.7 Å². The molecule has 10 nitrogen and oxygen atoms in total. The third-order valence-electron chi connectivity index (χ3n) is 4.87. The predicted molar refractivity (Wildman–Crippen MR) is 97.2 cm³/mol. The lowest BCUT2D eigenvalue weighted by Crippen LogP contribution is -2.58. The van der Waals surface area contributed by atoms with E-state index in [1.807, 2.05) is 23.1 Å². The van der Waals surface area contributed by atoms with E-state index in [0.29, 0.717) is 11.7 Å². The minimum atomic E-state index is -0.491. The highest BCUT2D eigenvalue weighted by Crippen LogP contribution is 2.40. The number of hydrogen-bond acceptors (Lipinski definition) is 9. The van der Waals surface area contributed by atoms with Gasteiger partial charge in [0.2, 0.25) is 11.9 Å². The normalized spacial score (nSPS) is 19.2. The van der Waals surface area contributed by atoms with Crippen LogP contribution in [0.15, 0.2) is 34.5 Å². The van der Waals surface area contributed by atoms with Crippen LogP contribution in [-0.4, -0.2) is 44.9 Å². The maximum atomic E-state index is 6.27. The zero-order valence-corrected chi connectivity index (χ0v) is 14.5. The number of nitrogens with zero attached hydrogens (tertiary/aromatic N) is 7. The summed E-state index contributed by atoms with van der Waals surface area (Å²) in [4.78, 5) is 10.8. The molecule has 0 saturated heterocycles. The van der Waals surface area contributed by atoms with Gasteiger partial charge in [-0.25, -0.2) is 4.99 Å². The molecule has 1 aliphatic carbocycles. The molecule has 1 spiro atoms. The molecular weight excluding hydrogens is 334 g/mol. The number of aliphatic imine (C=N–C) groups is 2. The molecule has 0 bridgehead atoms. The summed E-state index contributed by atoms with van der Waals surface area (Å²) in [6.45, 7) is 0. The van der Waals surface area contributed by atoms with Crippen molar-refractivity contribution in [1.82, 2.24) is 20.2 Å². The molecule has 1 aliphatic heterocycles. The molecule has 1 saturated carbocycles. The average molecular weight is 355 g/mol. The fraction of sp³-hybridized carbons (Fsp3) is 0.438. The van der Waals surface area contributed by atoms with Crippen LogP contribution in [0.2, 0.25) is 0 Å². The maximum absolute atomic E-state index is 6.27. The van der Waals surface area contributed by atoms with E-state index in [2.05, 4.69) is 25.5 Å². The Balaban J connectivity index is 1.79. The lowest BCUT2D eigenvalue weighted by Gasteiger charge is -2.45. The van der Waals surface area contributed by atoms with Crippen LogP contribution in [0.3, 0.4) is 0 Å². The second-order valence-corrected chi connectivity index (χ2v) is 6.43. The van der Waals surface area contributed by atoms with Gasteiger partial charge in [-0.15, -0.1) is 5.10 Å². The Bertz CT molecular complexity index is 853. The number of rotatable bonds is 3. The van der Waals surface area contributed by atoms with Gasteiger partial charge in [-0.3, -0.25) is 4.90 Å². The third-order valence-corrected chi connectivity index (χ3v) is 4.87. The van der Waals surface area contributed by atoms with Crippen molar-refractivity contribution in [1.29, 1.82) is 0 Å². The summed E-state index contributed by atoms with van der Waals surface area (Å²) in [6, 6.07) is 5.72. The van der Waals surface area contributed by atoms with E-state index in [-0.39, 0.29) is 5.96 Å². The SMILES string of the molecule is COc1cc(N2C(N)=NC(N)=NC23CCCCC3)ccc1-n1cnnn1. The van der Waals surface area contributed by atoms with Crippen LogP contribution in [-0.2, 0) is 0 Å². The molecule has 0 atom stereocenters. The molecule has 2 aliphatic rings. The van der Waals surface area contributed by atoms with E-state index in [1.54, 1.807) is 11.8 Å². The van der Waals surface area contributed by atoms with Crippen LogP contribution < -0.4 is 21.1 Å². The summed E-state index contributed by atoms with van der Waals surface area (Å²) < 4.78 is 7.09. The van der Waals surface area contributed by atoms with Crippen LogP contribution >= 0.6 is 0 Å². The van der Waals surface area contributed by atoms with Crippen LogP contribution in [0.25, 0.3) is 5.69 Å².